The van der Waals surface area contributed by atoms with Crippen LogP contribution in [0.3, 0.4) is 0 Å². The third-order valence-electron chi connectivity index (χ3n) is 7.87. The summed E-state index contributed by atoms with van der Waals surface area (Å²) >= 11 is 14.2. The number of hydrogen-bond acceptors (Lipinski definition) is 9. The molecule has 3 fully saturated rings. The molecule has 0 bridgehead atoms. The van der Waals surface area contributed by atoms with Gasteiger partial charge in [-0.2, -0.15) is 9.36 Å². The van der Waals surface area contributed by atoms with Crippen molar-refractivity contribution in [1.29, 1.82) is 0 Å². The fraction of sp³-hybridized carbons (Fsp3) is 0.321. The number of allylic oxidation sites excluding steroid dienone is 1. The number of carboxylic acids is 1. The standard InChI is InChI=1S/C28H23Cl2N5O4S/c1-38-16-7-14(6-15(8-16)27(36)37)26-32-28(40-34-26)35-11-19-17(20(19)12-35)4-5-18-24(33-39-25(18)13-2-3-13)23-21(29)9-31-10-22(23)30/h4-10,13,17,19-20H,2-3,11-12H2,1H3,(H,36,37). The van der Waals surface area contributed by atoms with E-state index in [1.165, 1.54) is 24.7 Å². The minimum atomic E-state index is -1.02. The van der Waals surface area contributed by atoms with Crippen LogP contribution in [0.25, 0.3) is 28.7 Å². The van der Waals surface area contributed by atoms with Crippen LogP contribution in [0.1, 0.15) is 40.4 Å². The minimum Gasteiger partial charge on any atom is -0.497 e. The van der Waals surface area contributed by atoms with Crippen LogP contribution in [0.15, 0.2) is 41.2 Å². The molecule has 0 spiro atoms. The van der Waals surface area contributed by atoms with E-state index in [0.29, 0.717) is 62.1 Å². The van der Waals surface area contributed by atoms with E-state index in [0.717, 1.165) is 42.4 Å². The zero-order chi connectivity index (χ0) is 27.5. The normalized spacial score (nSPS) is 21.7. The van der Waals surface area contributed by atoms with Crippen molar-refractivity contribution in [2.75, 3.05) is 25.1 Å². The van der Waals surface area contributed by atoms with Gasteiger partial charge < -0.3 is 19.3 Å². The van der Waals surface area contributed by atoms with Crippen LogP contribution in [-0.2, 0) is 0 Å². The smallest absolute Gasteiger partial charge is 0.335 e. The number of aromatic nitrogens is 4. The first kappa shape index (κ1) is 25.5. The lowest BCUT2D eigenvalue weighted by Gasteiger charge is -2.17. The maximum absolute atomic E-state index is 11.5. The van der Waals surface area contributed by atoms with Crippen LogP contribution in [0, 0.1) is 17.8 Å². The van der Waals surface area contributed by atoms with Crippen molar-refractivity contribution in [1.82, 2.24) is 19.5 Å². The molecule has 2 aliphatic carbocycles. The van der Waals surface area contributed by atoms with Crippen molar-refractivity contribution in [3.05, 3.63) is 63.6 Å². The molecule has 1 aromatic carbocycles. The van der Waals surface area contributed by atoms with Gasteiger partial charge in [0.05, 0.1) is 22.7 Å². The monoisotopic (exact) mass is 595 g/mol. The minimum absolute atomic E-state index is 0.136. The van der Waals surface area contributed by atoms with Crippen molar-refractivity contribution < 1.29 is 19.2 Å². The number of methoxy groups -OCH3 is 1. The Balaban J connectivity index is 1.07. The Morgan fingerprint density at radius 2 is 1.93 bits per heavy atom. The number of piperidine rings is 1. The largest absolute Gasteiger partial charge is 0.497 e. The van der Waals surface area contributed by atoms with Crippen LogP contribution >= 0.6 is 34.7 Å². The number of hydrogen-bond donors (Lipinski definition) is 1. The van der Waals surface area contributed by atoms with Crippen LogP contribution in [0.5, 0.6) is 5.75 Å². The Kier molecular flexibility index (Phi) is 6.29. The summed E-state index contributed by atoms with van der Waals surface area (Å²) < 4.78 is 15.5. The average molecular weight is 596 g/mol. The summed E-state index contributed by atoms with van der Waals surface area (Å²) in [6, 6.07) is 4.80. The van der Waals surface area contributed by atoms with Gasteiger partial charge >= 0.3 is 5.97 Å². The number of carbonyl (C=O) groups is 1. The average Bonchev–Trinajstić information content (AvgIpc) is 3.68. The Labute approximate surface area is 243 Å². The maximum Gasteiger partial charge on any atom is 0.335 e. The Morgan fingerprint density at radius 3 is 2.60 bits per heavy atom. The highest BCUT2D eigenvalue weighted by Gasteiger charge is 2.54. The molecule has 2 saturated carbocycles. The number of carboxylic acid groups (broad SMARTS) is 1. The van der Waals surface area contributed by atoms with Gasteiger partial charge in [0.25, 0.3) is 0 Å². The Hall–Kier alpha value is -3.47. The van der Waals surface area contributed by atoms with Gasteiger partial charge in [0.2, 0.25) is 5.13 Å². The second-order valence-corrected chi connectivity index (χ2v) is 11.9. The summed E-state index contributed by atoms with van der Waals surface area (Å²) in [4.78, 5) is 22.6. The van der Waals surface area contributed by atoms with E-state index in [1.807, 2.05) is 0 Å². The Bertz CT molecular complexity index is 1630. The van der Waals surface area contributed by atoms with E-state index in [2.05, 4.69) is 31.6 Å². The van der Waals surface area contributed by atoms with Crippen LogP contribution in [0.4, 0.5) is 5.13 Å². The summed E-state index contributed by atoms with van der Waals surface area (Å²) in [7, 11) is 1.51. The number of halogens is 2. The lowest BCUT2D eigenvalue weighted by atomic mass is 10.0. The second kappa shape index (κ2) is 9.87. The van der Waals surface area contributed by atoms with E-state index in [9.17, 15) is 9.90 Å². The molecule has 2 atom stereocenters. The summed E-state index contributed by atoms with van der Waals surface area (Å²) in [6.07, 6.45) is 9.72. The molecule has 0 radical (unpaired) electrons. The van der Waals surface area contributed by atoms with Gasteiger partial charge in [-0.3, -0.25) is 4.98 Å². The first-order valence-electron chi connectivity index (χ1n) is 12.9. The fourth-order valence-corrected chi connectivity index (χ4v) is 6.83. The molecule has 12 heteroatoms. The van der Waals surface area contributed by atoms with Crippen molar-refractivity contribution in [3.8, 4) is 28.4 Å². The van der Waals surface area contributed by atoms with Gasteiger partial charge in [-0.1, -0.05) is 40.5 Å². The summed E-state index contributed by atoms with van der Waals surface area (Å²) in [6.45, 7) is 1.78. The number of pyridine rings is 1. The molecule has 40 heavy (non-hydrogen) atoms. The molecule has 9 nitrogen and oxygen atoms in total. The summed E-state index contributed by atoms with van der Waals surface area (Å²) in [5, 5.41) is 15.5. The molecule has 4 aromatic rings. The van der Waals surface area contributed by atoms with E-state index >= 15 is 0 Å². The van der Waals surface area contributed by atoms with Crippen molar-refractivity contribution in [2.45, 2.75) is 18.8 Å². The molecular weight excluding hydrogens is 573 g/mol. The predicted molar refractivity (Wildman–Crippen MR) is 152 cm³/mol. The lowest BCUT2D eigenvalue weighted by Crippen LogP contribution is -2.23. The number of ether oxygens (including phenoxy) is 1. The van der Waals surface area contributed by atoms with E-state index in [-0.39, 0.29) is 5.56 Å². The molecule has 4 heterocycles. The molecule has 204 valence electrons. The number of nitrogens with zero attached hydrogens (tertiary/aromatic N) is 5. The molecule has 0 amide bonds. The van der Waals surface area contributed by atoms with Gasteiger partial charge in [-0.25, -0.2) is 4.79 Å². The highest BCUT2D eigenvalue weighted by atomic mass is 35.5. The highest BCUT2D eigenvalue weighted by Crippen LogP contribution is 2.54. The van der Waals surface area contributed by atoms with Crippen LogP contribution in [-0.4, -0.2) is 50.8 Å². The summed E-state index contributed by atoms with van der Waals surface area (Å²) in [5.74, 6) is 2.73. The van der Waals surface area contributed by atoms with E-state index in [1.54, 1.807) is 24.5 Å². The first-order chi connectivity index (χ1) is 19.4. The topological polar surface area (TPSA) is 114 Å². The lowest BCUT2D eigenvalue weighted by molar-refractivity contribution is 0.0696. The van der Waals surface area contributed by atoms with Gasteiger partial charge in [0, 0.05) is 59.6 Å². The number of fused-ring (bicyclic) bond motifs is 1. The first-order valence-corrected chi connectivity index (χ1v) is 14.4. The zero-order valence-electron chi connectivity index (χ0n) is 21.3. The second-order valence-electron chi connectivity index (χ2n) is 10.4. The molecular formula is C28H23Cl2N5O4S. The van der Waals surface area contributed by atoms with Crippen molar-refractivity contribution in [2.24, 2.45) is 17.8 Å². The quantitative estimate of drug-likeness (QED) is 0.242. The third-order valence-corrected chi connectivity index (χ3v) is 9.22. The van der Waals surface area contributed by atoms with Gasteiger partial charge in [0.15, 0.2) is 5.82 Å². The number of rotatable bonds is 8. The van der Waals surface area contributed by atoms with Crippen molar-refractivity contribution >= 4 is 51.9 Å². The molecule has 2 unspecified atom stereocenters. The molecule has 1 aliphatic heterocycles. The predicted octanol–water partition coefficient (Wildman–Crippen LogP) is 6.54. The molecule has 3 aromatic heterocycles. The zero-order valence-corrected chi connectivity index (χ0v) is 23.6. The molecule has 7 rings (SSSR count). The van der Waals surface area contributed by atoms with Crippen molar-refractivity contribution in [3.63, 3.8) is 0 Å². The molecule has 1 saturated heterocycles. The van der Waals surface area contributed by atoms with E-state index in [4.69, 9.17) is 37.4 Å². The number of aromatic carboxylic acids is 1. The number of anilines is 1. The third kappa shape index (κ3) is 4.53. The molecule has 1 N–H and O–H groups in total. The maximum atomic E-state index is 11.5. The van der Waals surface area contributed by atoms with Gasteiger partial charge in [-0.05, 0) is 48.8 Å². The summed E-state index contributed by atoms with van der Waals surface area (Å²) in [5.41, 5.74) is 3.02. The fourth-order valence-electron chi connectivity index (χ4n) is 5.58. The molecule has 3 aliphatic rings. The van der Waals surface area contributed by atoms with E-state index < -0.39 is 5.97 Å². The Morgan fingerprint density at radius 1 is 1.18 bits per heavy atom. The SMILES string of the molecule is COc1cc(C(=O)O)cc(-c2nsc(N3CC4C(C=Cc5c(-c6c(Cl)cncc6Cl)noc5C5CC5)C4C3)n2)c1. The van der Waals surface area contributed by atoms with Crippen LogP contribution in [0.2, 0.25) is 10.0 Å². The number of benzene rings is 1. The van der Waals surface area contributed by atoms with Crippen LogP contribution < -0.4 is 9.64 Å². The highest BCUT2D eigenvalue weighted by molar-refractivity contribution is 7.09. The van der Waals surface area contributed by atoms with Gasteiger partial charge in [0.1, 0.15) is 17.2 Å². The van der Waals surface area contributed by atoms with Gasteiger partial charge in [-0.15, -0.1) is 0 Å².